The molecule has 15 aromatic heterocycles. The van der Waals surface area contributed by atoms with Gasteiger partial charge in [0.2, 0.25) is 0 Å². The monoisotopic (exact) mass is 1840 g/mol. The van der Waals surface area contributed by atoms with E-state index < -0.39 is 0 Å². The van der Waals surface area contributed by atoms with E-state index in [0.717, 1.165) is 178 Å². The van der Waals surface area contributed by atoms with E-state index >= 15 is 0 Å². The highest BCUT2D eigenvalue weighted by Gasteiger charge is 2.30. The third-order valence-corrected chi connectivity index (χ3v) is 28.8. The molecule has 6 N–H and O–H groups in total. The van der Waals surface area contributed by atoms with E-state index in [2.05, 4.69) is 122 Å². The maximum absolute atomic E-state index is 6.59. The van der Waals surface area contributed by atoms with Crippen molar-refractivity contribution in [3.8, 4) is 55.6 Å². The predicted molar refractivity (Wildman–Crippen MR) is 518 cm³/mol. The van der Waals surface area contributed by atoms with Gasteiger partial charge in [0, 0.05) is 187 Å². The minimum atomic E-state index is 0.458. The number of hydrogen-bond donors (Lipinski definition) is 6. The van der Waals surface area contributed by atoms with Crippen molar-refractivity contribution < 1.29 is 0 Å². The van der Waals surface area contributed by atoms with Crippen molar-refractivity contribution in [2.24, 2.45) is 18.9 Å². The van der Waals surface area contributed by atoms with E-state index in [1.54, 1.807) is 29.5 Å². The van der Waals surface area contributed by atoms with Crippen LogP contribution in [-0.2, 0) is 33.2 Å². The molecule has 24 rings (SSSR count). The molecule has 0 amide bonds. The molecule has 0 radical (unpaired) electrons. The zero-order chi connectivity index (χ0) is 87.4. The molecule has 16 heterocycles. The number of piperidine rings is 1. The number of nitrogens with one attached hydrogen (secondary N) is 6. The van der Waals surface area contributed by atoms with Crippen molar-refractivity contribution in [1.82, 2.24) is 114 Å². The largest absolute Gasteiger partial charge is 0.343 e. The van der Waals surface area contributed by atoms with Crippen molar-refractivity contribution in [2.45, 2.75) is 223 Å². The summed E-state index contributed by atoms with van der Waals surface area (Å²) in [5.74, 6) is 6.56. The Bertz CT molecular complexity index is 6710. The van der Waals surface area contributed by atoms with Crippen LogP contribution in [0, 0.1) is 11.8 Å². The number of aryl methyl sites for hydroxylation is 1. The molecular formula is C100H107Cl6N23. The molecule has 0 bridgehead atoms. The fourth-order valence-corrected chi connectivity index (χ4v) is 21.2. The van der Waals surface area contributed by atoms with Crippen molar-refractivity contribution >= 4 is 125 Å². The number of aromatic nitrogens is 22. The zero-order valence-electron chi connectivity index (χ0n) is 72.6. The summed E-state index contributed by atoms with van der Waals surface area (Å²) in [6, 6.07) is 24.6. The van der Waals surface area contributed by atoms with Crippen LogP contribution in [0.4, 0.5) is 0 Å². The van der Waals surface area contributed by atoms with Crippen LogP contribution in [0.25, 0.3) is 111 Å². The Kier molecular flexibility index (Phi) is 26.3. The molecule has 1 aliphatic heterocycles. The Labute approximate surface area is 779 Å². The molecule has 0 atom stereocenters. The number of halogens is 6. The number of rotatable bonds is 18. The lowest BCUT2D eigenvalue weighted by Crippen LogP contribution is -2.27. The molecule has 1 saturated heterocycles. The first-order valence-corrected chi connectivity index (χ1v) is 48.7. The van der Waals surface area contributed by atoms with Crippen LogP contribution in [0.1, 0.15) is 236 Å². The van der Waals surface area contributed by atoms with Gasteiger partial charge in [0.05, 0.1) is 75.2 Å². The summed E-state index contributed by atoms with van der Waals surface area (Å²) < 4.78 is 9.75. The summed E-state index contributed by atoms with van der Waals surface area (Å²) in [6.07, 6.45) is 62.0. The fraction of sp³-hybridized carbons (Fsp3) is 0.400. The second-order valence-corrected chi connectivity index (χ2v) is 39.1. The molecular weight excluding hydrogens is 1740 g/mol. The van der Waals surface area contributed by atoms with Crippen LogP contribution in [0.3, 0.4) is 0 Å². The highest BCUT2D eigenvalue weighted by Crippen LogP contribution is 2.45. The second-order valence-electron chi connectivity index (χ2n) is 36.6. The Morgan fingerprint density at radius 2 is 0.752 bits per heavy atom. The van der Waals surface area contributed by atoms with Gasteiger partial charge in [0.25, 0.3) is 0 Å². The van der Waals surface area contributed by atoms with Crippen LogP contribution in [-0.4, -0.2) is 122 Å². The van der Waals surface area contributed by atoms with Crippen molar-refractivity contribution in [3.63, 3.8) is 0 Å². The Balaban J connectivity index is 0.000000101. The molecule has 2 aromatic carbocycles. The minimum absolute atomic E-state index is 0.458. The first kappa shape index (κ1) is 86.5. The number of nitrogens with zero attached hydrogens (tertiary/aromatic N) is 17. The first-order chi connectivity index (χ1) is 63.2. The summed E-state index contributed by atoms with van der Waals surface area (Å²) in [5.41, 5.74) is 22.7. The number of aromatic amines is 5. The molecule has 7 fully saturated rings. The SMILES string of the molecule is Clc1ccc(Cn2cc(-c3c(Cl)cnc4[nH]c(C5CCCCC5)cc34)cn2)cc1.Clc1cccc(Cn2cc(-c3c(Cl)cnc4[nH]c(C5CCCCC5)cc34)cn2)c1.Clc1cnc2nc(C3CCNCC3)[nH]c2c1-c1cnn(CC2CC2)c1.Cn1cc(-c2c(Cl)cnc3nc(C4CCCCC4)[nH]c23)cn1.c1cc(-c2cnn(CC3CC3)c2)c2cc(C3CCCCC3)[nH]c2n1. The lowest BCUT2D eigenvalue weighted by Gasteiger charge is -2.20. The number of benzene rings is 2. The van der Waals surface area contributed by atoms with Gasteiger partial charge < -0.3 is 30.2 Å². The summed E-state index contributed by atoms with van der Waals surface area (Å²) in [6.45, 7) is 5.48. The molecule has 23 nitrogen and oxygen atoms in total. The smallest absolute Gasteiger partial charge is 0.178 e. The fourth-order valence-electron chi connectivity index (χ4n) is 19.9. The Hall–Kier alpha value is -10.5. The lowest BCUT2D eigenvalue weighted by atomic mass is 9.87. The zero-order valence-corrected chi connectivity index (χ0v) is 77.2. The second kappa shape index (κ2) is 39.3. The summed E-state index contributed by atoms with van der Waals surface area (Å²) in [5, 5.41) is 33.2. The van der Waals surface area contributed by atoms with E-state index in [1.165, 1.54) is 188 Å². The van der Waals surface area contributed by atoms with E-state index in [4.69, 9.17) is 79.6 Å². The van der Waals surface area contributed by atoms with E-state index in [-0.39, 0.29) is 0 Å². The van der Waals surface area contributed by atoms with Gasteiger partial charge in [-0.15, -0.1) is 0 Å². The normalized spacial score (nSPS) is 16.9. The minimum Gasteiger partial charge on any atom is -0.343 e. The maximum Gasteiger partial charge on any atom is 0.178 e. The van der Waals surface area contributed by atoms with Crippen molar-refractivity contribution in [3.05, 3.63) is 236 Å². The standard InChI is InChI=1S/2C23H22Cl2N4.C20H24N4.C18H21ClN6.C16H18ClN5/c24-18-8-4-5-15(9-18)13-29-14-17(11-27-29)22-19-10-21(16-6-2-1-3-7-16)28-23(19)26-12-20(22)25;24-18-8-6-15(7-9-18)13-29-14-17(11-27-29)22-19-10-21(16-4-2-1-3-5-16)28-23(19)26-12-20(22)25;1-2-4-15(5-3-1)19-10-18-17(8-9-21-20(18)23-19)16-11-22-24(13-16)12-14-6-7-14;19-14-8-21-18-16(23-17(24-18)12-3-5-20-6-4-12)15(14)13-7-22-25(10-13)9-11-1-2-11;1-22-9-11(7-19-22)13-12(17)8-18-16-14(13)20-15(21-16)10-5-3-2-4-6-10/h4-5,8-12,14,16H,1-3,6-7,13H2,(H,26,28);6-12,14,16H,1-5,13H2,(H,26,28);8-11,13-15H,1-7,12H2,(H,21,23);7-8,10-12,20H,1-6,9H2,(H,21,23,24);7-10H,2-6H2,1H3,(H,18,20,21). The van der Waals surface area contributed by atoms with Crippen LogP contribution < -0.4 is 5.32 Å². The predicted octanol–water partition coefficient (Wildman–Crippen LogP) is 26.0. The van der Waals surface area contributed by atoms with Crippen molar-refractivity contribution in [2.75, 3.05) is 13.1 Å². The topological polar surface area (TPSA) is 270 Å². The molecule has 6 saturated carbocycles. The number of pyridine rings is 5. The van der Waals surface area contributed by atoms with Gasteiger partial charge >= 0.3 is 0 Å². The van der Waals surface area contributed by atoms with Gasteiger partial charge in [-0.05, 0) is 198 Å². The molecule has 129 heavy (non-hydrogen) atoms. The lowest BCUT2D eigenvalue weighted by molar-refractivity contribution is 0.431. The van der Waals surface area contributed by atoms with Gasteiger partial charge in [0.1, 0.15) is 28.6 Å². The van der Waals surface area contributed by atoms with Gasteiger partial charge in [-0.3, -0.25) is 23.4 Å². The highest BCUT2D eigenvalue weighted by atomic mass is 35.5. The maximum atomic E-state index is 6.59. The molecule has 7 aliphatic rings. The van der Waals surface area contributed by atoms with E-state index in [9.17, 15) is 0 Å². The summed E-state index contributed by atoms with van der Waals surface area (Å²) in [7, 11) is 1.90. The Morgan fingerprint density at radius 1 is 0.341 bits per heavy atom. The van der Waals surface area contributed by atoms with Crippen molar-refractivity contribution in [1.29, 1.82) is 0 Å². The molecule has 29 heteroatoms. The highest BCUT2D eigenvalue weighted by molar-refractivity contribution is 6.36. The molecule has 0 unspecified atom stereocenters. The van der Waals surface area contributed by atoms with Gasteiger partial charge in [0.15, 0.2) is 11.3 Å². The average molecular weight is 1840 g/mol. The number of H-pyrrole nitrogens is 5. The quantitative estimate of drug-likeness (QED) is 0.0467. The average Bonchev–Trinajstić information content (AvgIpc) is 1.64. The molecule has 17 aromatic rings. The van der Waals surface area contributed by atoms with Gasteiger partial charge in [-0.25, -0.2) is 34.9 Å². The summed E-state index contributed by atoms with van der Waals surface area (Å²) >= 11 is 38.2. The number of hydrogen-bond acceptors (Lipinski definition) is 13. The third kappa shape index (κ3) is 20.2. The Morgan fingerprint density at radius 3 is 1.24 bits per heavy atom. The third-order valence-electron chi connectivity index (χ3n) is 27.1. The van der Waals surface area contributed by atoms with E-state index in [1.807, 2.05) is 125 Å². The van der Waals surface area contributed by atoms with Crippen LogP contribution in [0.5, 0.6) is 0 Å². The van der Waals surface area contributed by atoms with Crippen LogP contribution in [0.2, 0.25) is 30.1 Å². The summed E-state index contributed by atoms with van der Waals surface area (Å²) in [4.78, 5) is 49.6. The number of imidazole rings is 2. The van der Waals surface area contributed by atoms with Crippen LogP contribution >= 0.6 is 69.6 Å². The molecule has 0 spiro atoms. The molecule has 664 valence electrons. The number of fused-ring (bicyclic) bond motifs is 5. The first-order valence-electron chi connectivity index (χ1n) is 46.4. The van der Waals surface area contributed by atoms with E-state index in [0.29, 0.717) is 62.8 Å². The van der Waals surface area contributed by atoms with Gasteiger partial charge in [-0.1, -0.05) is 171 Å². The molecule has 6 aliphatic carbocycles. The van der Waals surface area contributed by atoms with Crippen LogP contribution in [0.15, 0.2) is 166 Å². The van der Waals surface area contributed by atoms with Gasteiger partial charge in [-0.2, -0.15) is 25.5 Å².